The van der Waals surface area contributed by atoms with Crippen molar-refractivity contribution in [3.63, 3.8) is 0 Å². The first-order valence-electron chi connectivity index (χ1n) is 11.9. The van der Waals surface area contributed by atoms with E-state index < -0.39 is 0 Å². The van der Waals surface area contributed by atoms with Crippen LogP contribution in [0.1, 0.15) is 42.2 Å². The Morgan fingerprint density at radius 1 is 0.889 bits per heavy atom. The molecule has 0 spiro atoms. The van der Waals surface area contributed by atoms with Gasteiger partial charge in [0.1, 0.15) is 41.4 Å². The van der Waals surface area contributed by atoms with Crippen LogP contribution in [0.5, 0.6) is 11.5 Å². The molecule has 1 N–H and O–H groups in total. The summed E-state index contributed by atoms with van der Waals surface area (Å²) in [6.07, 6.45) is 1.77. The number of para-hydroxylation sites is 1. The van der Waals surface area contributed by atoms with Gasteiger partial charge in [-0.2, -0.15) is 0 Å². The number of aliphatic hydroxyl groups is 1. The van der Waals surface area contributed by atoms with E-state index in [-0.39, 0.29) is 24.6 Å². The molecular weight excluding hydrogens is 454 g/mol. The number of rotatable bonds is 8. The molecule has 0 atom stereocenters. The molecule has 0 unspecified atom stereocenters. The van der Waals surface area contributed by atoms with Crippen LogP contribution in [-0.4, -0.2) is 10.1 Å². The predicted octanol–water partition coefficient (Wildman–Crippen LogP) is 6.11. The Labute approximate surface area is 208 Å². The minimum absolute atomic E-state index is 0.0515. The summed E-state index contributed by atoms with van der Waals surface area (Å²) in [4.78, 5) is 17.5. The predicted molar refractivity (Wildman–Crippen MR) is 139 cm³/mol. The van der Waals surface area contributed by atoms with Gasteiger partial charge in [-0.1, -0.05) is 56.3 Å². The molecule has 6 nitrogen and oxygen atoms in total. The van der Waals surface area contributed by atoms with Gasteiger partial charge in [-0.15, -0.1) is 0 Å². The zero-order chi connectivity index (χ0) is 25.1. The van der Waals surface area contributed by atoms with E-state index in [1.807, 2.05) is 68.4 Å². The Hall–Kier alpha value is -4.16. The van der Waals surface area contributed by atoms with Crippen molar-refractivity contribution in [3.05, 3.63) is 112 Å². The molecular formula is C30H27NO5. The van der Waals surface area contributed by atoms with Crippen LogP contribution in [0.25, 0.3) is 21.9 Å². The van der Waals surface area contributed by atoms with Crippen molar-refractivity contribution >= 4 is 21.9 Å². The van der Waals surface area contributed by atoms with Gasteiger partial charge in [0.05, 0.1) is 12.1 Å². The van der Waals surface area contributed by atoms with Crippen molar-refractivity contribution in [2.45, 2.75) is 39.6 Å². The molecule has 0 saturated carbocycles. The zero-order valence-electron chi connectivity index (χ0n) is 20.2. The fourth-order valence-electron chi connectivity index (χ4n) is 4.18. The third-order valence-electron chi connectivity index (χ3n) is 6.16. The maximum atomic E-state index is 13.1. The van der Waals surface area contributed by atoms with Crippen molar-refractivity contribution in [3.8, 4) is 11.5 Å². The number of hydrogen-bond acceptors (Lipinski definition) is 6. The fourth-order valence-corrected chi connectivity index (χ4v) is 4.18. The fraction of sp³-hybridized carbons (Fsp3) is 0.200. The summed E-state index contributed by atoms with van der Waals surface area (Å²) in [6.45, 7) is 4.36. The Kier molecular flexibility index (Phi) is 6.69. The van der Waals surface area contributed by atoms with E-state index in [9.17, 15) is 9.90 Å². The Morgan fingerprint density at radius 3 is 2.44 bits per heavy atom. The van der Waals surface area contributed by atoms with E-state index in [0.29, 0.717) is 34.8 Å². The molecule has 5 rings (SSSR count). The lowest BCUT2D eigenvalue weighted by molar-refractivity contribution is 0.268. The van der Waals surface area contributed by atoms with E-state index in [0.717, 1.165) is 27.6 Å². The number of aliphatic hydroxyl groups excluding tert-OH is 1. The Morgan fingerprint density at radius 2 is 1.64 bits per heavy atom. The first-order chi connectivity index (χ1) is 17.5. The van der Waals surface area contributed by atoms with Crippen LogP contribution in [0, 0.1) is 0 Å². The van der Waals surface area contributed by atoms with Gasteiger partial charge in [0, 0.05) is 41.3 Å². The smallest absolute Gasteiger partial charge is 0.196 e. The van der Waals surface area contributed by atoms with Crippen LogP contribution in [0.15, 0.2) is 88.2 Å². The number of fused-ring (bicyclic) bond motifs is 2. The van der Waals surface area contributed by atoms with E-state index in [2.05, 4.69) is 4.98 Å². The molecule has 5 aromatic rings. The monoisotopic (exact) mass is 481 g/mol. The maximum absolute atomic E-state index is 13.1. The maximum Gasteiger partial charge on any atom is 0.196 e. The second kappa shape index (κ2) is 10.2. The number of benzene rings is 3. The molecule has 2 aromatic heterocycles. The normalized spacial score (nSPS) is 11.3. The molecule has 6 heteroatoms. The van der Waals surface area contributed by atoms with Crippen LogP contribution < -0.4 is 14.9 Å². The molecule has 182 valence electrons. The van der Waals surface area contributed by atoms with E-state index in [1.54, 1.807) is 18.3 Å². The molecule has 36 heavy (non-hydrogen) atoms. The number of pyridine rings is 1. The van der Waals surface area contributed by atoms with Crippen LogP contribution in [0.3, 0.4) is 0 Å². The van der Waals surface area contributed by atoms with Gasteiger partial charge in [-0.25, -0.2) is 0 Å². The molecule has 3 aromatic carbocycles. The second-order valence-electron chi connectivity index (χ2n) is 8.95. The number of nitrogens with zero attached hydrogens (tertiary/aromatic N) is 1. The Balaban J connectivity index is 1.52. The minimum Gasteiger partial charge on any atom is -0.489 e. The number of ether oxygens (including phenoxy) is 2. The standard InChI is InChI=1S/C30H27NO5/c1-19(2)27-15-26(33)30-28(35-17-21-8-4-3-7-20(21)16-32)13-23(14-29(30)36-27)34-18-22-11-12-31-25-10-6-5-9-24(22)25/h3-15,19,32H,16-18H2,1-2H3. The lowest BCUT2D eigenvalue weighted by atomic mass is 10.1. The third kappa shape index (κ3) is 4.81. The van der Waals surface area contributed by atoms with Crippen LogP contribution in [0.4, 0.5) is 0 Å². The van der Waals surface area contributed by atoms with Gasteiger partial charge in [0.25, 0.3) is 0 Å². The lowest BCUT2D eigenvalue weighted by Gasteiger charge is -2.15. The van der Waals surface area contributed by atoms with Gasteiger partial charge in [0.15, 0.2) is 5.43 Å². The van der Waals surface area contributed by atoms with Crippen molar-refractivity contribution < 1.29 is 19.0 Å². The summed E-state index contributed by atoms with van der Waals surface area (Å²) >= 11 is 0. The first-order valence-corrected chi connectivity index (χ1v) is 11.9. The summed E-state index contributed by atoms with van der Waals surface area (Å²) < 4.78 is 18.4. The zero-order valence-corrected chi connectivity index (χ0v) is 20.2. The molecule has 0 amide bonds. The van der Waals surface area contributed by atoms with Crippen LogP contribution >= 0.6 is 0 Å². The average Bonchev–Trinajstić information content (AvgIpc) is 2.90. The van der Waals surface area contributed by atoms with Crippen molar-refractivity contribution in [2.75, 3.05) is 0 Å². The summed E-state index contributed by atoms with van der Waals surface area (Å²) in [5, 5.41) is 11.1. The minimum atomic E-state index is -0.169. The molecule has 0 aliphatic carbocycles. The summed E-state index contributed by atoms with van der Waals surface area (Å²) in [7, 11) is 0. The summed E-state index contributed by atoms with van der Waals surface area (Å²) in [5.41, 5.74) is 3.75. The molecule has 0 saturated heterocycles. The van der Waals surface area contributed by atoms with E-state index in [1.165, 1.54) is 6.07 Å². The van der Waals surface area contributed by atoms with Gasteiger partial charge in [0.2, 0.25) is 0 Å². The van der Waals surface area contributed by atoms with Crippen LogP contribution in [0.2, 0.25) is 0 Å². The lowest BCUT2D eigenvalue weighted by Crippen LogP contribution is -2.08. The van der Waals surface area contributed by atoms with E-state index >= 15 is 0 Å². The second-order valence-corrected chi connectivity index (χ2v) is 8.95. The molecule has 0 aliphatic heterocycles. The highest BCUT2D eigenvalue weighted by Gasteiger charge is 2.16. The Bertz CT molecular complexity index is 1580. The molecule has 0 radical (unpaired) electrons. The quantitative estimate of drug-likeness (QED) is 0.288. The number of aromatic nitrogens is 1. The largest absolute Gasteiger partial charge is 0.489 e. The molecule has 0 bridgehead atoms. The van der Waals surface area contributed by atoms with E-state index in [4.69, 9.17) is 13.9 Å². The van der Waals surface area contributed by atoms with Gasteiger partial charge in [-0.3, -0.25) is 9.78 Å². The highest BCUT2D eigenvalue weighted by molar-refractivity contribution is 5.85. The average molecular weight is 482 g/mol. The topological polar surface area (TPSA) is 81.8 Å². The number of hydrogen-bond donors (Lipinski definition) is 1. The van der Waals surface area contributed by atoms with Gasteiger partial charge < -0.3 is 19.0 Å². The molecule has 2 heterocycles. The molecule has 0 fully saturated rings. The van der Waals surface area contributed by atoms with Gasteiger partial charge in [-0.05, 0) is 23.3 Å². The van der Waals surface area contributed by atoms with Crippen molar-refractivity contribution in [1.29, 1.82) is 0 Å². The summed E-state index contributed by atoms with van der Waals surface area (Å²) in [6, 6.07) is 22.3. The summed E-state index contributed by atoms with van der Waals surface area (Å²) in [5.74, 6) is 1.55. The third-order valence-corrected chi connectivity index (χ3v) is 6.16. The SMILES string of the molecule is CC(C)c1cc(=O)c2c(OCc3ccccc3CO)cc(OCc3ccnc4ccccc34)cc2o1. The first kappa shape index (κ1) is 23.6. The highest BCUT2D eigenvalue weighted by Crippen LogP contribution is 2.32. The molecule has 0 aliphatic rings. The van der Waals surface area contributed by atoms with Crippen molar-refractivity contribution in [2.24, 2.45) is 0 Å². The van der Waals surface area contributed by atoms with Crippen LogP contribution in [-0.2, 0) is 19.8 Å². The highest BCUT2D eigenvalue weighted by atomic mass is 16.5. The van der Waals surface area contributed by atoms with Crippen molar-refractivity contribution in [1.82, 2.24) is 4.98 Å². The van der Waals surface area contributed by atoms with Gasteiger partial charge >= 0.3 is 0 Å².